The van der Waals surface area contributed by atoms with Crippen molar-refractivity contribution in [1.29, 1.82) is 0 Å². The van der Waals surface area contributed by atoms with Gasteiger partial charge in [0, 0.05) is 85.2 Å². The van der Waals surface area contributed by atoms with Crippen LogP contribution in [0, 0.1) is 0 Å². The number of phenolic OH excluding ortho intramolecular Hbond substituents is 6. The summed E-state index contributed by atoms with van der Waals surface area (Å²) < 4.78 is 0. The van der Waals surface area contributed by atoms with Gasteiger partial charge in [-0.2, -0.15) is 0 Å². The van der Waals surface area contributed by atoms with Gasteiger partial charge in [-0.1, -0.05) is 305 Å². The minimum absolute atomic E-state index is 0.0492. The zero-order valence-electron chi connectivity index (χ0n) is 56.1. The van der Waals surface area contributed by atoms with Crippen LogP contribution in [-0.2, 0) is 38.5 Å². The van der Waals surface area contributed by atoms with Gasteiger partial charge in [0.25, 0.3) is 0 Å². The van der Waals surface area contributed by atoms with Crippen molar-refractivity contribution < 1.29 is 30.6 Å². The maximum atomic E-state index is 14.0. The molecule has 0 aromatic heterocycles. The van der Waals surface area contributed by atoms with Crippen LogP contribution in [0.3, 0.4) is 0 Å². The van der Waals surface area contributed by atoms with E-state index >= 15 is 0 Å². The van der Waals surface area contributed by atoms with Crippen LogP contribution in [0.1, 0.15) is 226 Å². The molecule has 4 atom stereocenters. The smallest absolute Gasteiger partial charge is 0.123 e. The normalized spacial score (nSPS) is 13.1. The van der Waals surface area contributed by atoms with Crippen molar-refractivity contribution in [2.24, 2.45) is 0 Å². The van der Waals surface area contributed by atoms with Gasteiger partial charge in [-0.15, -0.1) is 0 Å². The second-order valence-electron chi connectivity index (χ2n) is 26.0. The first-order valence-corrected chi connectivity index (χ1v) is 34.7. The predicted octanol–water partition coefficient (Wildman–Crippen LogP) is 21.5. The quantitative estimate of drug-likeness (QED) is 0.0285. The molecule has 4 unspecified atom stereocenters. The number of hydrogen-bond acceptors (Lipinski definition) is 6. The summed E-state index contributed by atoms with van der Waals surface area (Å²) in [5, 5.41) is 79.0. The van der Waals surface area contributed by atoms with Crippen molar-refractivity contribution in [3.8, 4) is 34.5 Å². The topological polar surface area (TPSA) is 121 Å². The number of hydrogen-bond donors (Lipinski definition) is 6. The molecule has 0 spiro atoms. The highest BCUT2D eigenvalue weighted by Crippen LogP contribution is 2.54. The van der Waals surface area contributed by atoms with Gasteiger partial charge in [-0.25, -0.2) is 0 Å². The second kappa shape index (κ2) is 31.0. The van der Waals surface area contributed by atoms with Gasteiger partial charge in [-0.05, 0) is 112 Å². The molecule has 0 heterocycles. The lowest BCUT2D eigenvalue weighted by Gasteiger charge is -2.30. The van der Waals surface area contributed by atoms with Crippen LogP contribution in [0.4, 0.5) is 0 Å². The maximum absolute atomic E-state index is 14.0. The van der Waals surface area contributed by atoms with Crippen molar-refractivity contribution in [1.82, 2.24) is 0 Å². The van der Waals surface area contributed by atoms with Crippen LogP contribution in [0.2, 0.25) is 0 Å². The summed E-state index contributed by atoms with van der Waals surface area (Å²) in [4.78, 5) is 0. The Morgan fingerprint density at radius 2 is 0.368 bits per heavy atom. The fourth-order valence-corrected chi connectivity index (χ4v) is 14.9. The molecule has 6 N–H and O–H groups in total. The van der Waals surface area contributed by atoms with Gasteiger partial charge in [0.1, 0.15) is 34.5 Å². The highest BCUT2D eigenvalue weighted by molar-refractivity contribution is 5.68. The van der Waals surface area contributed by atoms with Crippen molar-refractivity contribution in [2.75, 3.05) is 0 Å². The van der Waals surface area contributed by atoms with Gasteiger partial charge in [0.2, 0.25) is 0 Å². The molecule has 11 aromatic rings. The van der Waals surface area contributed by atoms with E-state index in [-0.39, 0.29) is 34.5 Å². The molecule has 6 nitrogen and oxygen atoms in total. The lowest BCUT2D eigenvalue weighted by atomic mass is 9.74. The summed E-state index contributed by atoms with van der Waals surface area (Å²) in [6.45, 7) is 13.0. The lowest BCUT2D eigenvalue weighted by Crippen LogP contribution is -2.14. The average molecular weight is 1260 g/mol. The van der Waals surface area contributed by atoms with Crippen LogP contribution in [0.5, 0.6) is 34.5 Å². The molecule has 0 aliphatic rings. The van der Waals surface area contributed by atoms with Gasteiger partial charge in [-0.3, -0.25) is 0 Å². The zero-order valence-corrected chi connectivity index (χ0v) is 56.1. The summed E-state index contributed by atoms with van der Waals surface area (Å²) >= 11 is 0. The SMILES string of the molecule is CCCc1ccc(O)c(C(c2ccccc2)c2cc(CCC)cc(C(c3ccccc3)c3cc(CCC)cc(C(c4ccccc4)c4cc(CCC)cc(C(c5ccccc5)c5cc(CCC)cc(C(c6ccccc6)c6cc(CCC)ccc6O)c5O)c4O)c3O)c2O)c1. The molecule has 0 saturated carbocycles. The van der Waals surface area contributed by atoms with Crippen molar-refractivity contribution in [3.63, 3.8) is 0 Å². The summed E-state index contributed by atoms with van der Waals surface area (Å²) in [7, 11) is 0. The van der Waals surface area contributed by atoms with Gasteiger partial charge >= 0.3 is 0 Å². The Balaban J connectivity index is 1.18. The van der Waals surface area contributed by atoms with Crippen molar-refractivity contribution >= 4 is 0 Å². The number of aromatic hydroxyl groups is 6. The summed E-state index contributed by atoms with van der Waals surface area (Å²) in [6.07, 6.45) is 9.67. The Morgan fingerprint density at radius 1 is 0.200 bits per heavy atom. The molecule has 0 radical (unpaired) electrons. The number of aryl methyl sites for hydroxylation is 6. The number of phenols is 6. The van der Waals surface area contributed by atoms with Crippen LogP contribution in [0.15, 0.2) is 237 Å². The van der Waals surface area contributed by atoms with Crippen molar-refractivity contribution in [2.45, 2.75) is 148 Å². The molecule has 0 aliphatic heterocycles. The molecule has 11 aromatic carbocycles. The molecule has 484 valence electrons. The highest BCUT2D eigenvalue weighted by atomic mass is 16.3. The highest BCUT2D eigenvalue weighted by Gasteiger charge is 2.36. The first-order valence-electron chi connectivity index (χ1n) is 34.7. The fraction of sp³-hybridized carbons (Fsp3) is 0.258. The first kappa shape index (κ1) is 66.7. The monoisotopic (exact) mass is 1260 g/mol. The Bertz CT molecular complexity index is 4090. The summed E-state index contributed by atoms with van der Waals surface area (Å²) in [6, 6.07) is 79.5. The van der Waals surface area contributed by atoms with Crippen LogP contribution in [-0.4, -0.2) is 30.6 Å². The summed E-state index contributed by atoms with van der Waals surface area (Å²) in [5.74, 6) is -2.65. The van der Waals surface area contributed by atoms with E-state index < -0.39 is 29.6 Å². The van der Waals surface area contributed by atoms with E-state index in [9.17, 15) is 30.6 Å². The Morgan fingerprint density at radius 3 is 0.558 bits per heavy atom. The van der Waals surface area contributed by atoms with E-state index in [1.54, 1.807) is 12.1 Å². The molecule has 11 rings (SSSR count). The molecule has 0 saturated heterocycles. The van der Waals surface area contributed by atoms with Crippen LogP contribution in [0.25, 0.3) is 0 Å². The lowest BCUT2D eigenvalue weighted by molar-refractivity contribution is 0.444. The molecule has 95 heavy (non-hydrogen) atoms. The van der Waals surface area contributed by atoms with E-state index in [1.165, 1.54) is 0 Å². The molecule has 0 fully saturated rings. The largest absolute Gasteiger partial charge is 0.508 e. The molecular formula is C89H92O6. The predicted molar refractivity (Wildman–Crippen MR) is 390 cm³/mol. The maximum Gasteiger partial charge on any atom is 0.123 e. The Kier molecular flexibility index (Phi) is 21.7. The molecule has 0 aliphatic carbocycles. The van der Waals surface area contributed by atoms with E-state index in [1.807, 2.05) is 103 Å². The fourth-order valence-electron chi connectivity index (χ4n) is 14.9. The van der Waals surface area contributed by atoms with Crippen molar-refractivity contribution in [3.05, 3.63) is 353 Å². The third kappa shape index (κ3) is 14.5. The van der Waals surface area contributed by atoms with E-state index in [2.05, 4.69) is 163 Å². The molecule has 0 bridgehead atoms. The van der Waals surface area contributed by atoms with Gasteiger partial charge in [0.05, 0.1) is 0 Å². The third-order valence-corrected chi connectivity index (χ3v) is 19.1. The summed E-state index contributed by atoms with van der Waals surface area (Å²) in [5.41, 5.74) is 17.2. The molecular weight excluding hydrogens is 1160 g/mol. The average Bonchev–Trinajstić information content (AvgIpc) is 0.760. The van der Waals surface area contributed by atoms with E-state index in [0.29, 0.717) is 68.5 Å². The standard InChI is InChI=1S/C89H92O6/c1-7-28-58-44-46-79(90)69(48-58)81(64-34-18-13-19-35-64)71-50-60(30-9-3)52-73(86(71)92)83(66-38-22-15-23-39-66)75-54-62(32-11-5)56-77(88(75)94)85(68-42-26-17-27-43-68)78-57-63(33-12-6)55-76(89(78)95)84(67-40-24-16-25-41-67)74-53-61(31-10-4)51-72(87(74)93)82(65-36-20-14-21-37-65)70-49-59(29-8-2)45-47-80(70)91/h13-27,34-57,81-85,90-95H,7-12,28-33H2,1-6H3. The van der Waals surface area contributed by atoms with Gasteiger partial charge < -0.3 is 30.6 Å². The zero-order chi connectivity index (χ0) is 66.5. The van der Waals surface area contributed by atoms with E-state index in [4.69, 9.17) is 0 Å². The van der Waals surface area contributed by atoms with Crippen LogP contribution >= 0.6 is 0 Å². The first-order chi connectivity index (χ1) is 46.4. The Labute approximate surface area is 563 Å². The second-order valence-corrected chi connectivity index (χ2v) is 26.0. The third-order valence-electron chi connectivity index (χ3n) is 19.1. The minimum atomic E-state index is -0.733. The number of benzene rings is 11. The van der Waals surface area contributed by atoms with Gasteiger partial charge in [0.15, 0.2) is 0 Å². The molecule has 0 amide bonds. The molecule has 6 heteroatoms. The Hall–Kier alpha value is -9.78. The number of rotatable bonds is 27. The van der Waals surface area contributed by atoms with Crippen LogP contribution < -0.4 is 0 Å². The minimum Gasteiger partial charge on any atom is -0.508 e. The van der Waals surface area contributed by atoms with E-state index in [0.717, 1.165) is 125 Å².